The zero-order valence-electron chi connectivity index (χ0n) is 20.8. The summed E-state index contributed by atoms with van der Waals surface area (Å²) in [7, 11) is 0. The molecule has 2 aromatic carbocycles. The van der Waals surface area contributed by atoms with Crippen LogP contribution >= 0.6 is 0 Å². The number of nitrogens with zero attached hydrogens (tertiary/aromatic N) is 4. The van der Waals surface area contributed by atoms with Gasteiger partial charge < -0.3 is 14.6 Å². The Morgan fingerprint density at radius 3 is 2.25 bits per heavy atom. The molecule has 2 aromatic heterocycles. The minimum absolute atomic E-state index is 0.0551. The van der Waals surface area contributed by atoms with Crippen LogP contribution in [0.5, 0.6) is 5.75 Å². The summed E-state index contributed by atoms with van der Waals surface area (Å²) in [5, 5.41) is 11.1. The van der Waals surface area contributed by atoms with Gasteiger partial charge >= 0.3 is 0 Å². The summed E-state index contributed by atoms with van der Waals surface area (Å²) in [5.41, 5.74) is 4.25. The van der Waals surface area contributed by atoms with E-state index >= 15 is 0 Å². The molecule has 1 unspecified atom stereocenters. The number of pyridine rings is 2. The van der Waals surface area contributed by atoms with E-state index in [4.69, 9.17) is 0 Å². The summed E-state index contributed by atoms with van der Waals surface area (Å²) < 4.78 is 1.77. The first-order chi connectivity index (χ1) is 17.5. The van der Waals surface area contributed by atoms with Crippen LogP contribution in [0.25, 0.3) is 0 Å². The van der Waals surface area contributed by atoms with Crippen LogP contribution in [-0.2, 0) is 6.54 Å². The first-order valence-electron chi connectivity index (χ1n) is 12.4. The van der Waals surface area contributed by atoms with Gasteiger partial charge in [-0.15, -0.1) is 0 Å². The van der Waals surface area contributed by atoms with Gasteiger partial charge in [0.25, 0.3) is 5.56 Å². The molecule has 0 radical (unpaired) electrons. The molecule has 0 saturated carbocycles. The molecule has 1 saturated heterocycles. The Morgan fingerprint density at radius 1 is 0.889 bits per heavy atom. The van der Waals surface area contributed by atoms with Gasteiger partial charge in [0.2, 0.25) is 0 Å². The number of hydrogen-bond donors (Lipinski definition) is 1. The second-order valence-electron chi connectivity index (χ2n) is 9.49. The third-order valence-corrected chi connectivity index (χ3v) is 7.03. The normalized spacial score (nSPS) is 15.1. The van der Waals surface area contributed by atoms with Crippen LogP contribution in [0.3, 0.4) is 0 Å². The lowest BCUT2D eigenvalue weighted by Crippen LogP contribution is -2.49. The van der Waals surface area contributed by atoms with Crippen molar-refractivity contribution in [3.63, 3.8) is 0 Å². The van der Waals surface area contributed by atoms with Gasteiger partial charge in [-0.3, -0.25) is 9.69 Å². The van der Waals surface area contributed by atoms with Gasteiger partial charge in [-0.2, -0.15) is 0 Å². The first kappa shape index (κ1) is 23.8. The fraction of sp³-hybridized carbons (Fsp3) is 0.267. The number of piperazine rings is 1. The molecule has 3 heterocycles. The third-order valence-electron chi connectivity index (χ3n) is 7.03. The van der Waals surface area contributed by atoms with E-state index in [-0.39, 0.29) is 17.4 Å². The molecule has 36 heavy (non-hydrogen) atoms. The van der Waals surface area contributed by atoms with Crippen molar-refractivity contribution in [1.82, 2.24) is 14.5 Å². The number of aromatic nitrogens is 2. The van der Waals surface area contributed by atoms with E-state index < -0.39 is 0 Å². The summed E-state index contributed by atoms with van der Waals surface area (Å²) in [6.45, 7) is 7.49. The molecular weight excluding hydrogens is 448 g/mol. The lowest BCUT2D eigenvalue weighted by atomic mass is 9.95. The average molecular weight is 481 g/mol. The molecule has 4 aromatic rings. The molecule has 0 spiro atoms. The van der Waals surface area contributed by atoms with Gasteiger partial charge in [-0.25, -0.2) is 4.98 Å². The van der Waals surface area contributed by atoms with Crippen molar-refractivity contribution >= 4 is 5.82 Å². The Bertz CT molecular complexity index is 1360. The quantitative estimate of drug-likeness (QED) is 0.440. The van der Waals surface area contributed by atoms with Gasteiger partial charge in [-0.1, -0.05) is 66.2 Å². The van der Waals surface area contributed by atoms with Crippen LogP contribution < -0.4 is 10.5 Å². The van der Waals surface area contributed by atoms with Gasteiger partial charge in [-0.05, 0) is 43.2 Å². The molecule has 1 atom stereocenters. The summed E-state index contributed by atoms with van der Waals surface area (Å²) in [6.07, 6.45) is 1.82. The summed E-state index contributed by atoms with van der Waals surface area (Å²) in [6, 6.07) is 25.6. The maximum Gasteiger partial charge on any atom is 0.259 e. The monoisotopic (exact) mass is 480 g/mol. The number of anilines is 1. The molecule has 5 rings (SSSR count). The van der Waals surface area contributed by atoms with Crippen LogP contribution in [-0.4, -0.2) is 45.7 Å². The Hall–Kier alpha value is -3.90. The maximum atomic E-state index is 14.0. The van der Waals surface area contributed by atoms with E-state index in [1.807, 2.05) is 61.7 Å². The van der Waals surface area contributed by atoms with Crippen molar-refractivity contribution in [2.75, 3.05) is 31.1 Å². The van der Waals surface area contributed by atoms with Crippen molar-refractivity contribution in [2.24, 2.45) is 0 Å². The molecule has 0 amide bonds. The second-order valence-corrected chi connectivity index (χ2v) is 9.49. The smallest absolute Gasteiger partial charge is 0.259 e. The maximum absolute atomic E-state index is 14.0. The predicted octanol–water partition coefficient (Wildman–Crippen LogP) is 4.53. The molecule has 184 valence electrons. The Morgan fingerprint density at radius 2 is 1.58 bits per heavy atom. The predicted molar refractivity (Wildman–Crippen MR) is 144 cm³/mol. The van der Waals surface area contributed by atoms with Crippen molar-refractivity contribution < 1.29 is 5.11 Å². The average Bonchev–Trinajstić information content (AvgIpc) is 2.91. The number of rotatable bonds is 6. The summed E-state index contributed by atoms with van der Waals surface area (Å²) in [4.78, 5) is 23.1. The molecule has 1 aliphatic rings. The zero-order valence-corrected chi connectivity index (χ0v) is 20.8. The molecule has 6 heteroatoms. The molecular formula is C30H32N4O2. The first-order valence-corrected chi connectivity index (χ1v) is 12.4. The zero-order chi connectivity index (χ0) is 25.1. The van der Waals surface area contributed by atoms with E-state index in [0.717, 1.165) is 54.4 Å². The highest BCUT2D eigenvalue weighted by Crippen LogP contribution is 2.34. The van der Waals surface area contributed by atoms with Gasteiger partial charge in [0, 0.05) is 38.1 Å². The van der Waals surface area contributed by atoms with Crippen LogP contribution in [0.2, 0.25) is 0 Å². The SMILES string of the molecule is Cc1ccc(C(c2c(O)cc(C)n(Cc3ccccc3)c2=O)N2CCN(c3ccccn3)CC2)cc1. The van der Waals surface area contributed by atoms with Gasteiger partial charge in [0.1, 0.15) is 11.6 Å². The molecule has 1 aliphatic heterocycles. The lowest BCUT2D eigenvalue weighted by Gasteiger charge is -2.40. The fourth-order valence-electron chi connectivity index (χ4n) is 5.05. The molecule has 1 N–H and O–H groups in total. The largest absolute Gasteiger partial charge is 0.507 e. The van der Waals surface area contributed by atoms with E-state index in [0.29, 0.717) is 12.1 Å². The second kappa shape index (κ2) is 10.4. The van der Waals surface area contributed by atoms with Crippen LogP contribution in [0, 0.1) is 13.8 Å². The molecule has 1 fully saturated rings. The van der Waals surface area contributed by atoms with E-state index in [9.17, 15) is 9.90 Å². The minimum atomic E-state index is -0.341. The topological polar surface area (TPSA) is 61.6 Å². The van der Waals surface area contributed by atoms with Crippen LogP contribution in [0.15, 0.2) is 89.9 Å². The fourth-order valence-corrected chi connectivity index (χ4v) is 5.05. The Kier molecular flexibility index (Phi) is 6.87. The van der Waals surface area contributed by atoms with Crippen molar-refractivity contribution in [3.05, 3.63) is 123 Å². The Labute approximate surface area is 212 Å². The van der Waals surface area contributed by atoms with Gasteiger partial charge in [0.15, 0.2) is 0 Å². The van der Waals surface area contributed by atoms with Crippen molar-refractivity contribution in [2.45, 2.75) is 26.4 Å². The highest BCUT2D eigenvalue weighted by atomic mass is 16.3. The van der Waals surface area contributed by atoms with Crippen molar-refractivity contribution in [3.8, 4) is 5.75 Å². The number of aryl methyl sites for hydroxylation is 2. The summed E-state index contributed by atoms with van der Waals surface area (Å²) in [5.74, 6) is 1.02. The lowest BCUT2D eigenvalue weighted by molar-refractivity contribution is 0.207. The number of aromatic hydroxyl groups is 1. The van der Waals surface area contributed by atoms with Crippen molar-refractivity contribution in [1.29, 1.82) is 0 Å². The highest BCUT2D eigenvalue weighted by molar-refractivity contribution is 5.43. The van der Waals surface area contributed by atoms with Crippen LogP contribution in [0.4, 0.5) is 5.82 Å². The highest BCUT2D eigenvalue weighted by Gasteiger charge is 2.31. The standard InChI is InChI=1S/C30H32N4O2/c1-22-11-13-25(14-12-22)29(33-18-16-32(17-19-33)27-10-6-7-15-31-27)28-26(35)20-23(2)34(30(28)36)21-24-8-4-3-5-9-24/h3-15,20,29,35H,16-19,21H2,1-2H3. The van der Waals surface area contributed by atoms with Gasteiger partial charge in [0.05, 0.1) is 18.2 Å². The third kappa shape index (κ3) is 4.90. The van der Waals surface area contributed by atoms with E-state index in [1.54, 1.807) is 10.6 Å². The van der Waals surface area contributed by atoms with Crippen LogP contribution in [0.1, 0.15) is 34.0 Å². The number of benzene rings is 2. The minimum Gasteiger partial charge on any atom is -0.507 e. The Balaban J connectivity index is 1.53. The van der Waals surface area contributed by atoms with E-state index in [2.05, 4.69) is 46.0 Å². The molecule has 0 aliphatic carbocycles. The molecule has 6 nitrogen and oxygen atoms in total. The van der Waals surface area contributed by atoms with E-state index in [1.165, 1.54) is 0 Å². The molecule has 0 bridgehead atoms. The number of hydrogen-bond acceptors (Lipinski definition) is 5. The summed E-state index contributed by atoms with van der Waals surface area (Å²) >= 11 is 0.